The first-order valence-corrected chi connectivity index (χ1v) is 10.3. The Labute approximate surface area is 192 Å². The van der Waals surface area contributed by atoms with Gasteiger partial charge in [-0.2, -0.15) is 5.10 Å². The number of aromatic hydroxyl groups is 1. The van der Waals surface area contributed by atoms with Gasteiger partial charge in [-0.1, -0.05) is 37.0 Å². The number of hydrogen-bond acceptors (Lipinski definition) is 5. The van der Waals surface area contributed by atoms with Gasteiger partial charge in [-0.15, -0.1) is 0 Å². The Morgan fingerprint density at radius 2 is 1.90 bits per heavy atom. The van der Waals surface area contributed by atoms with E-state index in [1.807, 2.05) is 0 Å². The molecular weight excluding hydrogens is 497 g/mol. The molecule has 1 unspecified atom stereocenters. The second-order valence-corrected chi connectivity index (χ2v) is 8.28. The second-order valence-electron chi connectivity index (χ2n) is 6.61. The number of nitrogens with one attached hydrogen (secondary N) is 2. The van der Waals surface area contributed by atoms with Crippen molar-refractivity contribution >= 4 is 57.2 Å². The highest BCUT2D eigenvalue weighted by atomic mass is 79.9. The lowest BCUT2D eigenvalue weighted by molar-refractivity contribution is -0.123. The number of carbonyl (C=O) groups is 2. The first-order chi connectivity index (χ1) is 14.1. The largest absolute Gasteiger partial charge is 0.503 e. The Hall–Kier alpha value is -2.29. The molecule has 0 aliphatic heterocycles. The second kappa shape index (κ2) is 10.7. The minimum atomic E-state index is -0.829. The van der Waals surface area contributed by atoms with Gasteiger partial charge in [0.1, 0.15) is 6.04 Å². The van der Waals surface area contributed by atoms with Gasteiger partial charge >= 0.3 is 0 Å². The number of nitrogens with zero attached hydrogens (tertiary/aromatic N) is 1. The molecule has 2 aromatic carbocycles. The summed E-state index contributed by atoms with van der Waals surface area (Å²) in [6.07, 6.45) is 1.39. The molecule has 2 aromatic rings. The predicted octanol–water partition coefficient (Wildman–Crippen LogP) is 4.37. The van der Waals surface area contributed by atoms with Gasteiger partial charge in [-0.3, -0.25) is 9.59 Å². The van der Waals surface area contributed by atoms with Gasteiger partial charge in [0, 0.05) is 5.56 Å². The number of amides is 2. The Bertz CT molecular complexity index is 983. The number of ether oxygens (including phenoxy) is 1. The summed E-state index contributed by atoms with van der Waals surface area (Å²) in [6.45, 7) is 3.59. The van der Waals surface area contributed by atoms with Crippen LogP contribution in [0.25, 0.3) is 0 Å². The van der Waals surface area contributed by atoms with Gasteiger partial charge in [0.15, 0.2) is 11.5 Å². The van der Waals surface area contributed by atoms with Crippen LogP contribution in [0.3, 0.4) is 0 Å². The third-order valence-corrected chi connectivity index (χ3v) is 5.42. The molecule has 3 N–H and O–H groups in total. The van der Waals surface area contributed by atoms with E-state index in [9.17, 15) is 14.7 Å². The highest BCUT2D eigenvalue weighted by Gasteiger charge is 2.24. The van der Waals surface area contributed by atoms with Crippen molar-refractivity contribution in [3.8, 4) is 11.5 Å². The van der Waals surface area contributed by atoms with E-state index in [2.05, 4.69) is 31.8 Å². The maximum absolute atomic E-state index is 12.5. The zero-order valence-corrected chi connectivity index (χ0v) is 19.5. The Morgan fingerprint density at radius 3 is 2.50 bits per heavy atom. The number of hydrogen-bond donors (Lipinski definition) is 3. The number of phenols is 1. The summed E-state index contributed by atoms with van der Waals surface area (Å²) in [7, 11) is 1.42. The van der Waals surface area contributed by atoms with Crippen LogP contribution in [0.5, 0.6) is 11.5 Å². The summed E-state index contributed by atoms with van der Waals surface area (Å²) in [5.41, 5.74) is 3.28. The molecule has 0 saturated heterocycles. The molecule has 0 heterocycles. The van der Waals surface area contributed by atoms with Crippen LogP contribution in [0.4, 0.5) is 0 Å². The van der Waals surface area contributed by atoms with E-state index in [0.29, 0.717) is 15.1 Å². The monoisotopic (exact) mass is 515 g/mol. The zero-order valence-electron chi connectivity index (χ0n) is 16.4. The van der Waals surface area contributed by atoms with E-state index < -0.39 is 17.9 Å². The zero-order chi connectivity index (χ0) is 22.4. The Kier molecular flexibility index (Phi) is 8.52. The average molecular weight is 517 g/mol. The molecule has 30 heavy (non-hydrogen) atoms. The van der Waals surface area contributed by atoms with Crippen molar-refractivity contribution in [2.24, 2.45) is 11.0 Å². The molecule has 0 bridgehead atoms. The van der Waals surface area contributed by atoms with E-state index in [-0.39, 0.29) is 28.0 Å². The van der Waals surface area contributed by atoms with Gasteiger partial charge < -0.3 is 15.2 Å². The van der Waals surface area contributed by atoms with E-state index in [1.54, 1.807) is 26.0 Å². The summed E-state index contributed by atoms with van der Waals surface area (Å²) in [5, 5.41) is 17.0. The highest BCUT2D eigenvalue weighted by molar-refractivity contribution is 9.10. The molecule has 0 saturated carbocycles. The van der Waals surface area contributed by atoms with E-state index >= 15 is 0 Å². The number of rotatable bonds is 7. The number of carbonyl (C=O) groups excluding carboxylic acids is 2. The van der Waals surface area contributed by atoms with Gasteiger partial charge in [-0.25, -0.2) is 5.43 Å². The molecule has 0 fully saturated rings. The van der Waals surface area contributed by atoms with Crippen LogP contribution in [0.1, 0.15) is 29.8 Å². The van der Waals surface area contributed by atoms with Crippen LogP contribution in [0, 0.1) is 5.92 Å². The van der Waals surface area contributed by atoms with Crippen molar-refractivity contribution in [3.63, 3.8) is 0 Å². The lowest BCUT2D eigenvalue weighted by Gasteiger charge is -2.20. The number of halogens is 3. The summed E-state index contributed by atoms with van der Waals surface area (Å²) in [4.78, 5) is 25.0. The summed E-state index contributed by atoms with van der Waals surface area (Å²) < 4.78 is 5.49. The third kappa shape index (κ3) is 6.10. The van der Waals surface area contributed by atoms with Crippen LogP contribution in [0.15, 0.2) is 39.9 Å². The SMILES string of the molecule is COc1cc(/C=N/NC(=O)C(NC(=O)c2ccc(Cl)c(Cl)c2)C(C)C)cc(Br)c1O. The first-order valence-electron chi connectivity index (χ1n) is 8.79. The van der Waals surface area contributed by atoms with Crippen LogP contribution in [0.2, 0.25) is 10.0 Å². The van der Waals surface area contributed by atoms with Crippen molar-refractivity contribution < 1.29 is 19.4 Å². The molecule has 2 rings (SSSR count). The van der Waals surface area contributed by atoms with Gasteiger partial charge in [-0.05, 0) is 57.7 Å². The van der Waals surface area contributed by atoms with E-state index in [1.165, 1.54) is 31.5 Å². The number of hydrazone groups is 1. The van der Waals surface area contributed by atoms with Crippen molar-refractivity contribution in [1.29, 1.82) is 0 Å². The van der Waals surface area contributed by atoms with Crippen molar-refractivity contribution in [2.75, 3.05) is 7.11 Å². The number of methoxy groups -OCH3 is 1. The lowest BCUT2D eigenvalue weighted by Crippen LogP contribution is -2.48. The molecule has 1 atom stereocenters. The Morgan fingerprint density at radius 1 is 1.20 bits per heavy atom. The van der Waals surface area contributed by atoms with E-state index in [0.717, 1.165) is 0 Å². The van der Waals surface area contributed by atoms with Gasteiger partial charge in [0.25, 0.3) is 11.8 Å². The quantitative estimate of drug-likeness (QED) is 0.375. The molecule has 160 valence electrons. The molecule has 0 aromatic heterocycles. The summed E-state index contributed by atoms with van der Waals surface area (Å²) in [6, 6.07) is 6.81. The van der Waals surface area contributed by atoms with Crippen molar-refractivity contribution in [3.05, 3.63) is 56.0 Å². The average Bonchev–Trinajstić information content (AvgIpc) is 2.70. The van der Waals surface area contributed by atoms with Gasteiger partial charge in [0.05, 0.1) is 27.8 Å². The van der Waals surface area contributed by atoms with Crippen LogP contribution >= 0.6 is 39.1 Å². The molecule has 0 spiro atoms. The predicted molar refractivity (Wildman–Crippen MR) is 121 cm³/mol. The third-order valence-electron chi connectivity index (χ3n) is 4.08. The van der Waals surface area contributed by atoms with Crippen LogP contribution < -0.4 is 15.5 Å². The van der Waals surface area contributed by atoms with Gasteiger partial charge in [0.2, 0.25) is 0 Å². The maximum atomic E-state index is 12.5. The minimum Gasteiger partial charge on any atom is -0.503 e. The molecule has 2 amide bonds. The summed E-state index contributed by atoms with van der Waals surface area (Å²) >= 11 is 15.0. The van der Waals surface area contributed by atoms with Crippen LogP contribution in [-0.2, 0) is 4.79 Å². The highest BCUT2D eigenvalue weighted by Crippen LogP contribution is 2.34. The number of phenolic OH excluding ortho intramolecular Hbond substituents is 1. The molecule has 10 heteroatoms. The molecule has 0 radical (unpaired) electrons. The summed E-state index contributed by atoms with van der Waals surface area (Å²) in [5.74, 6) is -0.928. The van der Waals surface area contributed by atoms with E-state index in [4.69, 9.17) is 27.9 Å². The molecule has 0 aliphatic carbocycles. The fraction of sp³-hybridized carbons (Fsp3) is 0.250. The molecule has 7 nitrogen and oxygen atoms in total. The smallest absolute Gasteiger partial charge is 0.262 e. The fourth-order valence-corrected chi connectivity index (χ4v) is 3.22. The normalized spacial score (nSPS) is 12.1. The minimum absolute atomic E-state index is 0.0384. The molecular formula is C20H20BrCl2N3O4. The van der Waals surface area contributed by atoms with Crippen LogP contribution in [-0.4, -0.2) is 36.3 Å². The molecule has 0 aliphatic rings. The van der Waals surface area contributed by atoms with Crippen molar-refractivity contribution in [1.82, 2.24) is 10.7 Å². The Balaban J connectivity index is 2.08. The number of benzene rings is 2. The maximum Gasteiger partial charge on any atom is 0.262 e. The van der Waals surface area contributed by atoms with Crippen molar-refractivity contribution in [2.45, 2.75) is 19.9 Å². The standard InChI is InChI=1S/C20H20BrCl2N3O4/c1-10(2)17(25-19(28)12-4-5-14(22)15(23)8-12)20(29)26-24-9-11-6-13(21)18(27)16(7-11)30-3/h4-10,17,27H,1-3H3,(H,25,28)(H,26,29)/b24-9+. The fourth-order valence-electron chi connectivity index (χ4n) is 2.46. The topological polar surface area (TPSA) is 100 Å². The first kappa shape index (κ1) is 24.0. The lowest BCUT2D eigenvalue weighted by atomic mass is 10.0.